The molecule has 29 heavy (non-hydrogen) atoms. The third-order valence-electron chi connectivity index (χ3n) is 5.19. The molecule has 0 fully saturated rings. The first kappa shape index (κ1) is 19.7. The molecular weight excluding hydrogens is 386 g/mol. The quantitative estimate of drug-likeness (QED) is 0.683. The highest BCUT2D eigenvalue weighted by atomic mass is 32.2. The van der Waals surface area contributed by atoms with Gasteiger partial charge in [-0.25, -0.2) is 8.42 Å². The van der Waals surface area contributed by atoms with Crippen molar-refractivity contribution < 1.29 is 18.3 Å². The van der Waals surface area contributed by atoms with Crippen molar-refractivity contribution >= 4 is 26.5 Å². The number of aliphatic hydroxyl groups excluding tert-OH is 1. The van der Waals surface area contributed by atoms with Crippen molar-refractivity contribution in [2.45, 2.75) is 44.3 Å². The highest BCUT2D eigenvalue weighted by Crippen LogP contribution is 2.46. The number of aryl methyl sites for hydroxylation is 1. The molecule has 1 atom stereocenters. The van der Waals surface area contributed by atoms with Crippen LogP contribution >= 0.6 is 0 Å². The lowest BCUT2D eigenvalue weighted by molar-refractivity contribution is 0.156. The third-order valence-corrected chi connectivity index (χ3v) is 7.02. The van der Waals surface area contributed by atoms with Gasteiger partial charge in [-0.15, -0.1) is 0 Å². The summed E-state index contributed by atoms with van der Waals surface area (Å²) in [6.45, 7) is 5.98. The Hall–Kier alpha value is -2.57. The molecule has 152 valence electrons. The van der Waals surface area contributed by atoms with Crippen LogP contribution < -0.4 is 9.04 Å². The van der Waals surface area contributed by atoms with Crippen molar-refractivity contribution in [2.24, 2.45) is 0 Å². The maximum absolute atomic E-state index is 13.4. The van der Waals surface area contributed by atoms with E-state index in [0.717, 1.165) is 16.3 Å². The fourth-order valence-electron chi connectivity index (χ4n) is 3.80. The predicted octanol–water partition coefficient (Wildman–Crippen LogP) is 4.57. The molecule has 1 heterocycles. The molecule has 4 rings (SSSR count). The minimum atomic E-state index is -3.76. The number of ether oxygens (including phenoxy) is 1. The first-order valence-corrected chi connectivity index (χ1v) is 11.2. The number of benzene rings is 3. The number of hydrogen-bond acceptors (Lipinski definition) is 4. The van der Waals surface area contributed by atoms with Crippen molar-refractivity contribution in [2.75, 3.05) is 10.8 Å². The zero-order valence-electron chi connectivity index (χ0n) is 16.8. The maximum atomic E-state index is 13.4. The molecule has 0 aromatic heterocycles. The van der Waals surface area contributed by atoms with E-state index in [1.54, 1.807) is 24.3 Å². The first-order chi connectivity index (χ1) is 13.8. The molecular formula is C23H25NO4S. The lowest BCUT2D eigenvalue weighted by Gasteiger charge is -2.35. The number of rotatable bonds is 4. The normalized spacial score (nSPS) is 16.9. The summed E-state index contributed by atoms with van der Waals surface area (Å²) in [4.78, 5) is 0.241. The number of sulfonamides is 1. The summed E-state index contributed by atoms with van der Waals surface area (Å²) >= 11 is 0. The lowest BCUT2D eigenvalue weighted by Crippen LogP contribution is -2.37. The first-order valence-electron chi connectivity index (χ1n) is 9.79. The molecule has 1 N–H and O–H groups in total. The van der Waals surface area contributed by atoms with E-state index in [-0.39, 0.29) is 17.5 Å². The van der Waals surface area contributed by atoms with Crippen molar-refractivity contribution in [1.82, 2.24) is 0 Å². The summed E-state index contributed by atoms with van der Waals surface area (Å²) in [5.74, 6) is 0.560. The minimum absolute atomic E-state index is 0.110. The fourth-order valence-corrected chi connectivity index (χ4v) is 5.29. The summed E-state index contributed by atoms with van der Waals surface area (Å²) in [7, 11) is -3.76. The van der Waals surface area contributed by atoms with Gasteiger partial charge in [-0.05, 0) is 50.8 Å². The van der Waals surface area contributed by atoms with Crippen molar-refractivity contribution in [1.29, 1.82) is 0 Å². The summed E-state index contributed by atoms with van der Waals surface area (Å²) in [6, 6.07) is 16.4. The highest BCUT2D eigenvalue weighted by Gasteiger charge is 2.35. The van der Waals surface area contributed by atoms with Gasteiger partial charge in [-0.1, -0.05) is 42.0 Å². The van der Waals surface area contributed by atoms with Crippen LogP contribution in [-0.2, 0) is 10.0 Å². The van der Waals surface area contributed by atoms with Gasteiger partial charge in [0, 0.05) is 17.5 Å². The Morgan fingerprint density at radius 2 is 1.79 bits per heavy atom. The van der Waals surface area contributed by atoms with Crippen LogP contribution in [0.2, 0.25) is 0 Å². The molecule has 5 nitrogen and oxygen atoms in total. The Morgan fingerprint density at radius 1 is 1.10 bits per heavy atom. The van der Waals surface area contributed by atoms with Gasteiger partial charge in [0.2, 0.25) is 0 Å². The molecule has 3 aromatic carbocycles. The van der Waals surface area contributed by atoms with E-state index in [9.17, 15) is 13.5 Å². The predicted molar refractivity (Wildman–Crippen MR) is 115 cm³/mol. The smallest absolute Gasteiger partial charge is 0.264 e. The fraction of sp³-hybridized carbons (Fsp3) is 0.304. The van der Waals surface area contributed by atoms with E-state index < -0.39 is 16.1 Å². The summed E-state index contributed by atoms with van der Waals surface area (Å²) < 4.78 is 34.4. The van der Waals surface area contributed by atoms with Crippen molar-refractivity contribution in [3.63, 3.8) is 0 Å². The van der Waals surface area contributed by atoms with Gasteiger partial charge in [-0.3, -0.25) is 4.31 Å². The van der Waals surface area contributed by atoms with E-state index in [1.165, 1.54) is 4.31 Å². The Labute approximate surface area is 171 Å². The van der Waals surface area contributed by atoms with Crippen LogP contribution in [0.5, 0.6) is 5.75 Å². The molecule has 0 spiro atoms. The van der Waals surface area contributed by atoms with Crippen LogP contribution in [-0.4, -0.2) is 26.2 Å². The molecule has 0 aliphatic carbocycles. The second-order valence-electron chi connectivity index (χ2n) is 7.72. The molecule has 0 radical (unpaired) electrons. The van der Waals surface area contributed by atoms with Crippen LogP contribution in [0, 0.1) is 6.92 Å². The molecule has 6 heteroatoms. The van der Waals surface area contributed by atoms with E-state index in [2.05, 4.69) is 0 Å². The topological polar surface area (TPSA) is 66.8 Å². The zero-order chi connectivity index (χ0) is 20.8. The second kappa shape index (κ2) is 7.35. The molecule has 1 aliphatic rings. The number of anilines is 1. The Morgan fingerprint density at radius 3 is 2.48 bits per heavy atom. The van der Waals surface area contributed by atoms with Crippen LogP contribution in [0.15, 0.2) is 59.5 Å². The minimum Gasteiger partial charge on any atom is -0.490 e. The Kier molecular flexibility index (Phi) is 5.00. The van der Waals surface area contributed by atoms with Crippen molar-refractivity contribution in [3.05, 3.63) is 65.7 Å². The average Bonchev–Trinajstić information content (AvgIpc) is 2.67. The van der Waals surface area contributed by atoms with E-state index in [0.29, 0.717) is 23.4 Å². The summed E-state index contributed by atoms with van der Waals surface area (Å²) in [6.07, 6.45) is -0.584. The lowest BCUT2D eigenvalue weighted by atomic mass is 9.95. The number of fused-ring (bicyclic) bond motifs is 2. The maximum Gasteiger partial charge on any atom is 0.264 e. The number of aliphatic hydroxyl groups is 1. The monoisotopic (exact) mass is 411 g/mol. The Balaban J connectivity index is 1.96. The van der Waals surface area contributed by atoms with Crippen LogP contribution in [0.1, 0.15) is 37.5 Å². The Bertz CT molecular complexity index is 1150. The molecule has 1 unspecified atom stereocenters. The van der Waals surface area contributed by atoms with Crippen LogP contribution in [0.3, 0.4) is 0 Å². The van der Waals surface area contributed by atoms with Gasteiger partial charge in [0.1, 0.15) is 5.75 Å². The molecule has 0 amide bonds. The van der Waals surface area contributed by atoms with E-state index >= 15 is 0 Å². The zero-order valence-corrected chi connectivity index (χ0v) is 17.6. The van der Waals surface area contributed by atoms with Crippen LogP contribution in [0.25, 0.3) is 10.8 Å². The standard InChI is InChI=1S/C23H25NO4S/c1-15(2)28-23-19-7-5-4-6-17(19)14-20-22(23)21(25)12-13-24(20)29(26,27)18-10-8-16(3)9-11-18/h4-11,14-15,21,25H,12-13H2,1-3H3. The van der Waals surface area contributed by atoms with Crippen molar-refractivity contribution in [3.8, 4) is 5.75 Å². The molecule has 0 saturated heterocycles. The number of hydrogen-bond donors (Lipinski definition) is 1. The number of nitrogens with zero attached hydrogens (tertiary/aromatic N) is 1. The van der Waals surface area contributed by atoms with E-state index in [4.69, 9.17) is 4.74 Å². The third kappa shape index (κ3) is 3.47. The SMILES string of the molecule is Cc1ccc(S(=O)(=O)N2CCC(O)c3c2cc2ccccc2c3OC(C)C)cc1. The molecule has 1 aliphatic heterocycles. The van der Waals surface area contributed by atoms with E-state index in [1.807, 2.05) is 51.1 Å². The molecule has 0 bridgehead atoms. The average molecular weight is 412 g/mol. The van der Waals surface area contributed by atoms with Crippen LogP contribution in [0.4, 0.5) is 5.69 Å². The van der Waals surface area contributed by atoms with Gasteiger partial charge in [0.15, 0.2) is 0 Å². The highest BCUT2D eigenvalue weighted by molar-refractivity contribution is 7.92. The van der Waals surface area contributed by atoms with Gasteiger partial charge in [0.05, 0.1) is 22.8 Å². The van der Waals surface area contributed by atoms with Gasteiger partial charge >= 0.3 is 0 Å². The van der Waals surface area contributed by atoms with Gasteiger partial charge < -0.3 is 9.84 Å². The molecule has 3 aromatic rings. The summed E-state index contributed by atoms with van der Waals surface area (Å²) in [5, 5.41) is 12.5. The second-order valence-corrected chi connectivity index (χ2v) is 9.58. The van der Waals surface area contributed by atoms with Gasteiger partial charge in [0.25, 0.3) is 10.0 Å². The summed E-state index contributed by atoms with van der Waals surface area (Å²) in [5.41, 5.74) is 2.02. The largest absolute Gasteiger partial charge is 0.490 e. The van der Waals surface area contributed by atoms with Gasteiger partial charge in [-0.2, -0.15) is 0 Å². The molecule has 0 saturated carbocycles.